The fraction of sp³-hybridized carbons (Fsp3) is 0.571. The van der Waals surface area contributed by atoms with Gasteiger partial charge in [0.15, 0.2) is 6.04 Å². The lowest BCUT2D eigenvalue weighted by Crippen LogP contribution is -2.34. The molecule has 20 heavy (non-hydrogen) atoms. The second kappa shape index (κ2) is 7.40. The van der Waals surface area contributed by atoms with Crippen molar-refractivity contribution in [2.45, 2.75) is 18.9 Å². The highest BCUT2D eigenvalue weighted by Crippen LogP contribution is 2.21. The first-order valence-corrected chi connectivity index (χ1v) is 7.67. The molecular weight excluding hydrogens is 276 g/mol. The van der Waals surface area contributed by atoms with Crippen molar-refractivity contribution in [1.29, 1.82) is 0 Å². The van der Waals surface area contributed by atoms with E-state index in [1.807, 2.05) is 17.5 Å². The first kappa shape index (κ1) is 15.0. The number of nitrogens with zero attached hydrogens (tertiary/aromatic N) is 1. The number of amides is 1. The minimum Gasteiger partial charge on any atom is -0.464 e. The summed E-state index contributed by atoms with van der Waals surface area (Å²) in [5, 5.41) is 4.40. The lowest BCUT2D eigenvalue weighted by atomic mass is 9.98. The second-order valence-electron chi connectivity index (χ2n) is 5.11. The number of carbonyl (C=O) groups excluding carboxylic acids is 2. The summed E-state index contributed by atoms with van der Waals surface area (Å²) in [6.45, 7) is 2.53. The van der Waals surface area contributed by atoms with E-state index in [1.165, 1.54) is 11.3 Å². The molecule has 0 aromatic carbocycles. The predicted molar refractivity (Wildman–Crippen MR) is 77.4 cm³/mol. The Kier molecular flexibility index (Phi) is 5.55. The van der Waals surface area contributed by atoms with Crippen LogP contribution < -0.4 is 5.32 Å². The van der Waals surface area contributed by atoms with Crippen LogP contribution in [-0.2, 0) is 14.3 Å². The van der Waals surface area contributed by atoms with Crippen molar-refractivity contribution in [3.8, 4) is 0 Å². The first-order chi connectivity index (χ1) is 9.70. The van der Waals surface area contributed by atoms with Crippen molar-refractivity contribution in [2.24, 2.45) is 5.92 Å². The summed E-state index contributed by atoms with van der Waals surface area (Å²) in [4.78, 5) is 25.8. The van der Waals surface area contributed by atoms with Gasteiger partial charge in [-0.2, -0.15) is 0 Å². The molecule has 1 aliphatic heterocycles. The molecule has 1 aromatic heterocycles. The lowest BCUT2D eigenvalue weighted by Gasteiger charge is -2.28. The van der Waals surface area contributed by atoms with Crippen LogP contribution in [0.15, 0.2) is 17.5 Å². The van der Waals surface area contributed by atoms with E-state index in [0.29, 0.717) is 18.9 Å². The molecule has 5 nitrogen and oxygen atoms in total. The first-order valence-electron chi connectivity index (χ1n) is 6.79. The van der Waals surface area contributed by atoms with Gasteiger partial charge in [0.2, 0.25) is 6.41 Å². The molecule has 1 amide bonds. The average molecular weight is 296 g/mol. The third-order valence-corrected chi connectivity index (χ3v) is 4.53. The fourth-order valence-corrected chi connectivity index (χ4v) is 3.07. The third kappa shape index (κ3) is 4.05. The Morgan fingerprint density at radius 2 is 2.35 bits per heavy atom. The predicted octanol–water partition coefficient (Wildman–Crippen LogP) is 1.42. The monoisotopic (exact) mass is 296 g/mol. The van der Waals surface area contributed by atoms with Crippen LogP contribution >= 0.6 is 11.3 Å². The standard InChI is InChI=1S/C14H20N2O3S/c1-16-6-4-11(5-7-16)9-19-14(18)13(15-10-17)12-3-2-8-20-12/h2-3,8,10-11,13H,4-7,9H2,1H3,(H,15,17). The number of piperidine rings is 1. The van der Waals surface area contributed by atoms with Gasteiger partial charge in [-0.3, -0.25) is 4.79 Å². The molecule has 1 aromatic rings. The highest BCUT2D eigenvalue weighted by molar-refractivity contribution is 7.10. The minimum absolute atomic E-state index is 0.376. The Bertz CT molecular complexity index is 428. The Hall–Kier alpha value is -1.40. The summed E-state index contributed by atoms with van der Waals surface area (Å²) in [5.74, 6) is 0.0499. The number of thiophene rings is 1. The second-order valence-corrected chi connectivity index (χ2v) is 6.09. The molecule has 1 unspecified atom stereocenters. The molecule has 0 radical (unpaired) electrons. The number of ether oxygens (including phenoxy) is 1. The molecule has 0 saturated carbocycles. The highest BCUT2D eigenvalue weighted by atomic mass is 32.1. The van der Waals surface area contributed by atoms with Gasteiger partial charge in [0.1, 0.15) is 0 Å². The molecular formula is C14H20N2O3S. The van der Waals surface area contributed by atoms with Gasteiger partial charge in [0.05, 0.1) is 6.61 Å². The summed E-state index contributed by atoms with van der Waals surface area (Å²) < 4.78 is 5.38. The van der Waals surface area contributed by atoms with E-state index >= 15 is 0 Å². The maximum atomic E-state index is 12.1. The SMILES string of the molecule is CN1CCC(COC(=O)C(NC=O)c2cccs2)CC1. The average Bonchev–Trinajstić information content (AvgIpc) is 2.97. The van der Waals surface area contributed by atoms with Gasteiger partial charge in [0.25, 0.3) is 0 Å². The van der Waals surface area contributed by atoms with Gasteiger partial charge in [-0.05, 0) is 50.3 Å². The number of hydrogen-bond acceptors (Lipinski definition) is 5. The molecule has 1 saturated heterocycles. The van der Waals surface area contributed by atoms with E-state index in [4.69, 9.17) is 4.74 Å². The van der Waals surface area contributed by atoms with E-state index < -0.39 is 6.04 Å². The van der Waals surface area contributed by atoms with Gasteiger partial charge in [0, 0.05) is 4.88 Å². The molecule has 1 fully saturated rings. The van der Waals surface area contributed by atoms with Crippen LogP contribution in [0.2, 0.25) is 0 Å². The van der Waals surface area contributed by atoms with Crippen molar-refractivity contribution < 1.29 is 14.3 Å². The van der Waals surface area contributed by atoms with Gasteiger partial charge < -0.3 is 15.0 Å². The van der Waals surface area contributed by atoms with Crippen molar-refractivity contribution in [3.63, 3.8) is 0 Å². The van der Waals surface area contributed by atoms with Gasteiger partial charge in [-0.25, -0.2) is 4.79 Å². The molecule has 1 N–H and O–H groups in total. The van der Waals surface area contributed by atoms with Crippen molar-refractivity contribution >= 4 is 23.7 Å². The number of esters is 1. The number of likely N-dealkylation sites (tertiary alicyclic amines) is 1. The summed E-state index contributed by atoms with van der Waals surface area (Å²) in [5.41, 5.74) is 0. The fourth-order valence-electron chi connectivity index (χ4n) is 2.30. The Balaban J connectivity index is 1.84. The smallest absolute Gasteiger partial charge is 0.334 e. The minimum atomic E-state index is -0.682. The number of nitrogens with one attached hydrogen (secondary N) is 1. The van der Waals surface area contributed by atoms with Crippen LogP contribution in [0, 0.1) is 5.92 Å². The van der Waals surface area contributed by atoms with Crippen LogP contribution in [0.1, 0.15) is 23.8 Å². The summed E-state index contributed by atoms with van der Waals surface area (Å²) >= 11 is 1.43. The molecule has 1 atom stereocenters. The van der Waals surface area contributed by atoms with E-state index in [9.17, 15) is 9.59 Å². The maximum absolute atomic E-state index is 12.1. The van der Waals surface area contributed by atoms with Crippen LogP contribution in [0.25, 0.3) is 0 Å². The summed E-state index contributed by atoms with van der Waals surface area (Å²) in [6, 6.07) is 2.99. The number of hydrogen-bond donors (Lipinski definition) is 1. The Morgan fingerprint density at radius 3 is 2.95 bits per heavy atom. The summed E-state index contributed by atoms with van der Waals surface area (Å²) in [6.07, 6.45) is 2.64. The van der Waals surface area contributed by atoms with E-state index in [1.54, 1.807) is 0 Å². The van der Waals surface area contributed by atoms with Crippen LogP contribution in [0.5, 0.6) is 0 Å². The molecule has 110 valence electrons. The Labute approximate surface area is 122 Å². The topological polar surface area (TPSA) is 58.6 Å². The van der Waals surface area contributed by atoms with Crippen molar-refractivity contribution in [2.75, 3.05) is 26.7 Å². The lowest BCUT2D eigenvalue weighted by molar-refractivity contribution is -0.149. The highest BCUT2D eigenvalue weighted by Gasteiger charge is 2.24. The molecule has 0 bridgehead atoms. The molecule has 6 heteroatoms. The van der Waals surface area contributed by atoms with Crippen molar-refractivity contribution in [1.82, 2.24) is 10.2 Å². The van der Waals surface area contributed by atoms with E-state index in [2.05, 4.69) is 17.3 Å². The molecule has 1 aliphatic rings. The maximum Gasteiger partial charge on any atom is 0.334 e. The zero-order valence-electron chi connectivity index (χ0n) is 11.6. The zero-order valence-corrected chi connectivity index (χ0v) is 12.4. The molecule has 0 spiro atoms. The van der Waals surface area contributed by atoms with Crippen molar-refractivity contribution in [3.05, 3.63) is 22.4 Å². The molecule has 2 heterocycles. The quantitative estimate of drug-likeness (QED) is 0.637. The summed E-state index contributed by atoms with van der Waals surface area (Å²) in [7, 11) is 2.10. The van der Waals surface area contributed by atoms with E-state index in [-0.39, 0.29) is 5.97 Å². The number of carbonyl (C=O) groups is 2. The molecule has 0 aliphatic carbocycles. The van der Waals surface area contributed by atoms with Crippen LogP contribution in [-0.4, -0.2) is 44.0 Å². The van der Waals surface area contributed by atoms with Crippen LogP contribution in [0.4, 0.5) is 0 Å². The largest absolute Gasteiger partial charge is 0.464 e. The number of rotatable bonds is 6. The Morgan fingerprint density at radius 1 is 1.60 bits per heavy atom. The van der Waals surface area contributed by atoms with Crippen LogP contribution in [0.3, 0.4) is 0 Å². The molecule has 2 rings (SSSR count). The van der Waals surface area contributed by atoms with Gasteiger partial charge in [-0.15, -0.1) is 11.3 Å². The third-order valence-electron chi connectivity index (χ3n) is 3.60. The van der Waals surface area contributed by atoms with E-state index in [0.717, 1.165) is 30.8 Å². The zero-order chi connectivity index (χ0) is 14.4. The van der Waals surface area contributed by atoms with Gasteiger partial charge in [-0.1, -0.05) is 6.07 Å². The normalized spacial score (nSPS) is 18.4. The van der Waals surface area contributed by atoms with Gasteiger partial charge >= 0.3 is 5.97 Å².